The topological polar surface area (TPSA) is 62.3 Å². The highest BCUT2D eigenvalue weighted by atomic mass is 32.1. The van der Waals surface area contributed by atoms with E-state index in [4.69, 9.17) is 0 Å². The lowest BCUT2D eigenvalue weighted by molar-refractivity contribution is -0.116. The minimum atomic E-state index is -0.213. The molecule has 1 aromatic carbocycles. The number of para-hydroxylation sites is 1. The number of carbonyl (C=O) groups excluding carboxylic acids is 2. The Morgan fingerprint density at radius 3 is 2.70 bits per heavy atom. The number of nitrogens with one attached hydrogen (secondary N) is 1. The van der Waals surface area contributed by atoms with Gasteiger partial charge in [0, 0.05) is 28.6 Å². The Hall–Kier alpha value is -2.51. The fourth-order valence-electron chi connectivity index (χ4n) is 2.65. The molecule has 0 saturated heterocycles. The van der Waals surface area contributed by atoms with Gasteiger partial charge in [0.15, 0.2) is 0 Å². The van der Waals surface area contributed by atoms with E-state index < -0.39 is 0 Å². The maximum atomic E-state index is 12.9. The first kappa shape index (κ1) is 19.3. The van der Waals surface area contributed by atoms with Gasteiger partial charge in [-0.05, 0) is 36.4 Å². The Morgan fingerprint density at radius 2 is 2.00 bits per heavy atom. The highest BCUT2D eigenvalue weighted by Gasteiger charge is 2.21. The van der Waals surface area contributed by atoms with Crippen molar-refractivity contribution in [3.05, 3.63) is 57.7 Å². The zero-order chi connectivity index (χ0) is 19.2. The predicted octanol–water partition coefficient (Wildman–Crippen LogP) is 4.67. The number of aromatic nitrogens is 1. The van der Waals surface area contributed by atoms with Crippen LogP contribution in [0.25, 0.3) is 10.6 Å². The van der Waals surface area contributed by atoms with Gasteiger partial charge in [0.1, 0.15) is 17.2 Å². The van der Waals surface area contributed by atoms with Crippen LogP contribution in [0.5, 0.6) is 0 Å². The van der Waals surface area contributed by atoms with E-state index in [1.807, 2.05) is 54.9 Å². The number of rotatable bonds is 7. The van der Waals surface area contributed by atoms with Gasteiger partial charge in [-0.2, -0.15) is 11.3 Å². The number of hydrogen-bond acceptors (Lipinski definition) is 5. The average molecular weight is 400 g/mol. The van der Waals surface area contributed by atoms with Gasteiger partial charge in [-0.25, -0.2) is 4.98 Å². The van der Waals surface area contributed by atoms with Crippen molar-refractivity contribution in [2.45, 2.75) is 20.3 Å². The summed E-state index contributed by atoms with van der Waals surface area (Å²) in [7, 11) is 0. The summed E-state index contributed by atoms with van der Waals surface area (Å²) >= 11 is 3.04. The highest BCUT2D eigenvalue weighted by Crippen LogP contribution is 2.26. The molecular weight excluding hydrogens is 378 g/mol. The van der Waals surface area contributed by atoms with Gasteiger partial charge in [-0.3, -0.25) is 9.59 Å². The molecule has 140 valence electrons. The van der Waals surface area contributed by atoms with Gasteiger partial charge in [0.2, 0.25) is 5.91 Å². The molecule has 0 fully saturated rings. The zero-order valence-corrected chi connectivity index (χ0v) is 16.9. The number of hydrogen-bond donors (Lipinski definition) is 1. The van der Waals surface area contributed by atoms with Crippen LogP contribution in [0.1, 0.15) is 29.4 Å². The molecule has 2 heterocycles. The molecule has 7 heteroatoms. The van der Waals surface area contributed by atoms with Crippen molar-refractivity contribution in [1.29, 1.82) is 0 Å². The van der Waals surface area contributed by atoms with Crippen LogP contribution in [0.15, 0.2) is 46.5 Å². The maximum absolute atomic E-state index is 12.9. The highest BCUT2D eigenvalue weighted by molar-refractivity contribution is 7.14. The van der Waals surface area contributed by atoms with Crippen LogP contribution in [-0.2, 0) is 4.79 Å². The van der Waals surface area contributed by atoms with Gasteiger partial charge in [-0.1, -0.05) is 25.1 Å². The molecule has 2 aromatic heterocycles. The van der Waals surface area contributed by atoms with E-state index in [1.54, 1.807) is 21.6 Å². The molecule has 0 spiro atoms. The summed E-state index contributed by atoms with van der Waals surface area (Å²) in [4.78, 5) is 31.3. The summed E-state index contributed by atoms with van der Waals surface area (Å²) < 4.78 is 0. The standard InChI is InChI=1S/C20H21N3O2S2/c1-3-9-23(11-18(24)21-16-7-5-4-6-14(16)2)20(25)17-13-27-19(22-17)15-8-10-26-12-15/h4-8,10,12-13H,3,9,11H2,1-2H3,(H,21,24). The smallest absolute Gasteiger partial charge is 0.273 e. The van der Waals surface area contributed by atoms with Crippen molar-refractivity contribution in [1.82, 2.24) is 9.88 Å². The first-order valence-electron chi connectivity index (χ1n) is 8.71. The number of amides is 2. The number of thiophene rings is 1. The first-order chi connectivity index (χ1) is 13.1. The van der Waals surface area contributed by atoms with E-state index >= 15 is 0 Å². The third-order valence-electron chi connectivity index (χ3n) is 4.03. The molecule has 0 aliphatic carbocycles. The van der Waals surface area contributed by atoms with Crippen LogP contribution >= 0.6 is 22.7 Å². The van der Waals surface area contributed by atoms with Crippen molar-refractivity contribution in [3.63, 3.8) is 0 Å². The third kappa shape index (κ3) is 4.81. The average Bonchev–Trinajstić information content (AvgIpc) is 3.34. The van der Waals surface area contributed by atoms with Crippen LogP contribution in [0.3, 0.4) is 0 Å². The van der Waals surface area contributed by atoms with Gasteiger partial charge >= 0.3 is 0 Å². The molecule has 0 unspecified atom stereocenters. The Morgan fingerprint density at radius 1 is 1.19 bits per heavy atom. The van der Waals surface area contributed by atoms with E-state index in [0.717, 1.165) is 28.2 Å². The van der Waals surface area contributed by atoms with Gasteiger partial charge < -0.3 is 10.2 Å². The Balaban J connectivity index is 1.70. The van der Waals surface area contributed by atoms with Crippen molar-refractivity contribution >= 4 is 40.2 Å². The number of carbonyl (C=O) groups is 2. The predicted molar refractivity (Wildman–Crippen MR) is 111 cm³/mol. The van der Waals surface area contributed by atoms with Crippen LogP contribution in [-0.4, -0.2) is 34.8 Å². The molecular formula is C20H21N3O2S2. The van der Waals surface area contributed by atoms with Crippen LogP contribution in [0, 0.1) is 6.92 Å². The second-order valence-corrected chi connectivity index (χ2v) is 7.78. The largest absolute Gasteiger partial charge is 0.328 e. The fraction of sp³-hybridized carbons (Fsp3) is 0.250. The molecule has 27 heavy (non-hydrogen) atoms. The summed E-state index contributed by atoms with van der Waals surface area (Å²) in [5, 5.41) is 9.45. The normalized spacial score (nSPS) is 10.6. The molecule has 0 aliphatic heterocycles. The van der Waals surface area contributed by atoms with Gasteiger partial charge in [0.05, 0.1) is 0 Å². The molecule has 5 nitrogen and oxygen atoms in total. The quantitative estimate of drug-likeness (QED) is 0.628. The van der Waals surface area contributed by atoms with Crippen LogP contribution in [0.4, 0.5) is 5.69 Å². The molecule has 1 N–H and O–H groups in total. The minimum absolute atomic E-state index is 0.00627. The van der Waals surface area contributed by atoms with Crippen molar-refractivity contribution < 1.29 is 9.59 Å². The van der Waals surface area contributed by atoms with Crippen molar-refractivity contribution in [2.24, 2.45) is 0 Å². The Labute approximate surface area is 166 Å². The molecule has 0 radical (unpaired) electrons. The van der Waals surface area contributed by atoms with Gasteiger partial charge in [-0.15, -0.1) is 11.3 Å². The summed E-state index contributed by atoms with van der Waals surface area (Å²) in [6, 6.07) is 9.57. The van der Waals surface area contributed by atoms with E-state index in [2.05, 4.69) is 10.3 Å². The second-order valence-electron chi connectivity index (χ2n) is 6.14. The number of nitrogens with zero attached hydrogens (tertiary/aromatic N) is 2. The van der Waals surface area contributed by atoms with E-state index in [0.29, 0.717) is 12.2 Å². The molecule has 3 rings (SSSR count). The summed E-state index contributed by atoms with van der Waals surface area (Å²) in [5.74, 6) is -0.422. The minimum Gasteiger partial charge on any atom is -0.328 e. The first-order valence-corrected chi connectivity index (χ1v) is 10.5. The summed E-state index contributed by atoms with van der Waals surface area (Å²) in [6.45, 7) is 4.43. The lowest BCUT2D eigenvalue weighted by Crippen LogP contribution is -2.38. The molecule has 2 amide bonds. The zero-order valence-electron chi connectivity index (χ0n) is 15.3. The summed E-state index contributed by atoms with van der Waals surface area (Å²) in [5.41, 5.74) is 3.15. The maximum Gasteiger partial charge on any atom is 0.273 e. The number of benzene rings is 1. The fourth-order valence-corrected chi connectivity index (χ4v) is 4.16. The molecule has 0 bridgehead atoms. The van der Waals surface area contributed by atoms with E-state index in [9.17, 15) is 9.59 Å². The van der Waals surface area contributed by atoms with Crippen molar-refractivity contribution in [3.8, 4) is 10.6 Å². The van der Waals surface area contributed by atoms with E-state index in [-0.39, 0.29) is 18.4 Å². The van der Waals surface area contributed by atoms with Gasteiger partial charge in [0.25, 0.3) is 5.91 Å². The second kappa shape index (κ2) is 8.92. The molecule has 0 atom stereocenters. The van der Waals surface area contributed by atoms with Crippen LogP contribution < -0.4 is 5.32 Å². The Bertz CT molecular complexity index is 919. The molecule has 3 aromatic rings. The third-order valence-corrected chi connectivity index (χ3v) is 5.60. The lowest BCUT2D eigenvalue weighted by Gasteiger charge is -2.21. The number of aryl methyl sites for hydroxylation is 1. The van der Waals surface area contributed by atoms with E-state index in [1.165, 1.54) is 11.3 Å². The van der Waals surface area contributed by atoms with Crippen molar-refractivity contribution in [2.75, 3.05) is 18.4 Å². The SMILES string of the molecule is CCCN(CC(=O)Nc1ccccc1C)C(=O)c1csc(-c2ccsc2)n1. The van der Waals surface area contributed by atoms with Crippen LogP contribution in [0.2, 0.25) is 0 Å². The lowest BCUT2D eigenvalue weighted by atomic mass is 10.2. The summed E-state index contributed by atoms with van der Waals surface area (Å²) in [6.07, 6.45) is 0.769. The molecule has 0 aliphatic rings. The Kier molecular flexibility index (Phi) is 6.36. The number of thiazole rings is 1. The molecule has 0 saturated carbocycles. The number of anilines is 1. The monoisotopic (exact) mass is 399 g/mol.